The van der Waals surface area contributed by atoms with Crippen molar-refractivity contribution in [2.45, 2.75) is 26.8 Å². The number of aromatic nitrogens is 2. The molecule has 2 aromatic rings. The van der Waals surface area contributed by atoms with E-state index in [9.17, 15) is 4.79 Å². The molecule has 5 nitrogen and oxygen atoms in total. The molecule has 5 heteroatoms. The third kappa shape index (κ3) is 2.82. The molecule has 0 aliphatic carbocycles. The van der Waals surface area contributed by atoms with Crippen LogP contribution in [0.2, 0.25) is 0 Å². The van der Waals surface area contributed by atoms with E-state index in [4.69, 9.17) is 0 Å². The lowest BCUT2D eigenvalue weighted by atomic mass is 9.94. The van der Waals surface area contributed by atoms with Gasteiger partial charge in [-0.15, -0.1) is 0 Å². The standard InChI is InChI=1S/C16H20N4O/c1-16(2,3)15(21)18-11-9-20(10-11)14-8-17-12-6-4-5-7-13(12)19-14/h4-8,11H,9-10H2,1-3H3,(H,18,21). The average Bonchev–Trinajstić information content (AvgIpc) is 2.40. The highest BCUT2D eigenvalue weighted by Gasteiger charge is 2.32. The number of para-hydroxylation sites is 2. The van der Waals surface area contributed by atoms with Crippen LogP contribution >= 0.6 is 0 Å². The Morgan fingerprint density at radius 1 is 1.24 bits per heavy atom. The summed E-state index contributed by atoms with van der Waals surface area (Å²) < 4.78 is 0. The SMILES string of the molecule is CC(C)(C)C(=O)NC1CN(c2cnc3ccccc3n2)C1. The van der Waals surface area contributed by atoms with Crippen molar-refractivity contribution in [1.82, 2.24) is 15.3 Å². The molecular weight excluding hydrogens is 264 g/mol. The summed E-state index contributed by atoms with van der Waals surface area (Å²) in [7, 11) is 0. The predicted octanol–water partition coefficient (Wildman–Crippen LogP) is 1.98. The van der Waals surface area contributed by atoms with Crippen molar-refractivity contribution in [1.29, 1.82) is 0 Å². The fourth-order valence-electron chi connectivity index (χ4n) is 2.26. The van der Waals surface area contributed by atoms with Crippen LogP contribution in [-0.4, -0.2) is 35.0 Å². The van der Waals surface area contributed by atoms with Crippen molar-refractivity contribution in [3.05, 3.63) is 30.5 Å². The van der Waals surface area contributed by atoms with Gasteiger partial charge in [-0.25, -0.2) is 4.98 Å². The third-order valence-electron chi connectivity index (χ3n) is 3.66. The van der Waals surface area contributed by atoms with Gasteiger partial charge < -0.3 is 10.2 Å². The molecule has 110 valence electrons. The van der Waals surface area contributed by atoms with E-state index in [0.29, 0.717) is 0 Å². The molecule has 1 fully saturated rings. The summed E-state index contributed by atoms with van der Waals surface area (Å²) in [6.45, 7) is 7.35. The maximum absolute atomic E-state index is 11.9. The Kier molecular flexibility index (Phi) is 3.27. The zero-order chi connectivity index (χ0) is 15.0. The van der Waals surface area contributed by atoms with E-state index in [1.807, 2.05) is 45.0 Å². The summed E-state index contributed by atoms with van der Waals surface area (Å²) in [4.78, 5) is 23.1. The number of fused-ring (bicyclic) bond motifs is 1. The molecule has 1 N–H and O–H groups in total. The smallest absolute Gasteiger partial charge is 0.225 e. The number of nitrogens with zero attached hydrogens (tertiary/aromatic N) is 3. The molecule has 3 rings (SSSR count). The number of hydrogen-bond donors (Lipinski definition) is 1. The first-order valence-corrected chi connectivity index (χ1v) is 7.21. The highest BCUT2D eigenvalue weighted by atomic mass is 16.2. The van der Waals surface area contributed by atoms with E-state index in [-0.39, 0.29) is 17.4 Å². The van der Waals surface area contributed by atoms with Gasteiger partial charge in [-0.1, -0.05) is 32.9 Å². The lowest BCUT2D eigenvalue weighted by Crippen LogP contribution is -2.61. The first-order valence-electron chi connectivity index (χ1n) is 7.21. The lowest BCUT2D eigenvalue weighted by molar-refractivity contribution is -0.129. The normalized spacial score (nSPS) is 15.9. The Morgan fingerprint density at radius 2 is 1.90 bits per heavy atom. The quantitative estimate of drug-likeness (QED) is 0.916. The summed E-state index contributed by atoms with van der Waals surface area (Å²) in [6, 6.07) is 8.03. The molecule has 0 spiro atoms. The minimum absolute atomic E-state index is 0.0942. The van der Waals surface area contributed by atoms with Crippen LogP contribution in [0.5, 0.6) is 0 Å². The van der Waals surface area contributed by atoms with Gasteiger partial charge in [0.1, 0.15) is 5.82 Å². The molecule has 0 atom stereocenters. The van der Waals surface area contributed by atoms with Crippen LogP contribution in [0, 0.1) is 5.41 Å². The number of carbonyl (C=O) groups is 1. The largest absolute Gasteiger partial charge is 0.351 e. The molecule has 1 amide bonds. The number of rotatable bonds is 2. The first kappa shape index (κ1) is 13.8. The summed E-state index contributed by atoms with van der Waals surface area (Å²) in [5, 5.41) is 3.06. The molecular formula is C16H20N4O. The Bertz CT molecular complexity index is 671. The van der Waals surface area contributed by atoms with Gasteiger partial charge in [0.2, 0.25) is 5.91 Å². The van der Waals surface area contributed by atoms with Crippen LogP contribution < -0.4 is 10.2 Å². The summed E-state index contributed by atoms with van der Waals surface area (Å²) in [6.07, 6.45) is 1.80. The minimum atomic E-state index is -0.344. The summed E-state index contributed by atoms with van der Waals surface area (Å²) in [5.41, 5.74) is 1.46. The Morgan fingerprint density at radius 3 is 2.57 bits per heavy atom. The summed E-state index contributed by atoms with van der Waals surface area (Å²) in [5.74, 6) is 0.965. The summed E-state index contributed by atoms with van der Waals surface area (Å²) >= 11 is 0. The van der Waals surface area contributed by atoms with Gasteiger partial charge in [0.25, 0.3) is 0 Å². The number of nitrogens with one attached hydrogen (secondary N) is 1. The molecule has 21 heavy (non-hydrogen) atoms. The van der Waals surface area contributed by atoms with Crippen LogP contribution in [0.25, 0.3) is 11.0 Å². The van der Waals surface area contributed by atoms with Gasteiger partial charge in [-0.05, 0) is 12.1 Å². The molecule has 1 aromatic heterocycles. The van der Waals surface area contributed by atoms with Crippen molar-refractivity contribution in [3.8, 4) is 0 Å². The number of benzene rings is 1. The van der Waals surface area contributed by atoms with Gasteiger partial charge in [0.05, 0.1) is 23.3 Å². The van der Waals surface area contributed by atoms with Crippen LogP contribution in [-0.2, 0) is 4.79 Å². The topological polar surface area (TPSA) is 58.1 Å². The molecule has 1 aliphatic heterocycles. The molecule has 0 radical (unpaired) electrons. The van der Waals surface area contributed by atoms with Gasteiger partial charge in [-0.3, -0.25) is 9.78 Å². The Balaban J connectivity index is 1.64. The van der Waals surface area contributed by atoms with Gasteiger partial charge in [-0.2, -0.15) is 0 Å². The highest BCUT2D eigenvalue weighted by Crippen LogP contribution is 2.21. The molecule has 0 unspecified atom stereocenters. The first-order chi connectivity index (χ1) is 9.93. The van der Waals surface area contributed by atoms with Crippen LogP contribution in [0.3, 0.4) is 0 Å². The average molecular weight is 284 g/mol. The minimum Gasteiger partial charge on any atom is -0.351 e. The molecule has 2 heterocycles. The van der Waals surface area contributed by atoms with Crippen molar-refractivity contribution in [3.63, 3.8) is 0 Å². The number of anilines is 1. The predicted molar refractivity (Wildman–Crippen MR) is 83.1 cm³/mol. The van der Waals surface area contributed by atoms with Gasteiger partial charge in [0.15, 0.2) is 0 Å². The van der Waals surface area contributed by atoms with Crippen LogP contribution in [0.15, 0.2) is 30.5 Å². The van der Waals surface area contributed by atoms with E-state index in [1.54, 1.807) is 6.20 Å². The van der Waals surface area contributed by atoms with Crippen molar-refractivity contribution < 1.29 is 4.79 Å². The Labute approximate surface area is 124 Å². The second kappa shape index (κ2) is 4.98. The third-order valence-corrected chi connectivity index (χ3v) is 3.66. The Hall–Kier alpha value is -2.17. The second-order valence-corrected chi connectivity index (χ2v) is 6.54. The van der Waals surface area contributed by atoms with Crippen molar-refractivity contribution in [2.24, 2.45) is 5.41 Å². The lowest BCUT2D eigenvalue weighted by Gasteiger charge is -2.41. The van der Waals surface area contributed by atoms with E-state index in [1.165, 1.54) is 0 Å². The fraction of sp³-hybridized carbons (Fsp3) is 0.438. The van der Waals surface area contributed by atoms with Crippen LogP contribution in [0.4, 0.5) is 5.82 Å². The molecule has 0 saturated carbocycles. The highest BCUT2D eigenvalue weighted by molar-refractivity contribution is 5.82. The van der Waals surface area contributed by atoms with Crippen LogP contribution in [0.1, 0.15) is 20.8 Å². The second-order valence-electron chi connectivity index (χ2n) is 6.54. The van der Waals surface area contributed by atoms with Crippen molar-refractivity contribution >= 4 is 22.8 Å². The molecule has 1 saturated heterocycles. The number of carbonyl (C=O) groups excluding carboxylic acids is 1. The van der Waals surface area contributed by atoms with Crippen molar-refractivity contribution in [2.75, 3.05) is 18.0 Å². The molecule has 1 aliphatic rings. The molecule has 1 aromatic carbocycles. The number of amides is 1. The maximum Gasteiger partial charge on any atom is 0.225 e. The molecule has 0 bridgehead atoms. The maximum atomic E-state index is 11.9. The zero-order valence-electron chi connectivity index (χ0n) is 12.6. The van der Waals surface area contributed by atoms with E-state index in [0.717, 1.165) is 29.9 Å². The van der Waals surface area contributed by atoms with Gasteiger partial charge in [0, 0.05) is 18.5 Å². The van der Waals surface area contributed by atoms with E-state index < -0.39 is 0 Å². The zero-order valence-corrected chi connectivity index (χ0v) is 12.6. The van der Waals surface area contributed by atoms with E-state index in [2.05, 4.69) is 20.2 Å². The number of hydrogen-bond acceptors (Lipinski definition) is 4. The fourth-order valence-corrected chi connectivity index (χ4v) is 2.26. The van der Waals surface area contributed by atoms with Gasteiger partial charge >= 0.3 is 0 Å². The van der Waals surface area contributed by atoms with E-state index >= 15 is 0 Å². The monoisotopic (exact) mass is 284 g/mol.